The minimum absolute atomic E-state index is 0. The van der Waals surface area contributed by atoms with Gasteiger partial charge in [-0.3, -0.25) is 10.7 Å². The van der Waals surface area contributed by atoms with Gasteiger partial charge in [-0.15, -0.1) is 12.4 Å². The number of nitrogens with zero attached hydrogens (tertiary/aromatic N) is 1. The number of unbranched alkanes of at least 4 members (excludes halogenated alkanes) is 1. The van der Waals surface area contributed by atoms with E-state index in [1.807, 2.05) is 24.3 Å². The van der Waals surface area contributed by atoms with Crippen LogP contribution in [0.5, 0.6) is 0 Å². The molecule has 0 saturated heterocycles. The molecule has 0 aliphatic carbocycles. The van der Waals surface area contributed by atoms with Crippen LogP contribution in [0.15, 0.2) is 29.3 Å². The van der Waals surface area contributed by atoms with Crippen molar-refractivity contribution in [3.63, 3.8) is 0 Å². The summed E-state index contributed by atoms with van der Waals surface area (Å²) in [5.74, 6) is 0.384. The number of guanidine groups is 2. The third-order valence-electron chi connectivity index (χ3n) is 2.38. The first-order valence-electron chi connectivity index (χ1n) is 6.25. The van der Waals surface area contributed by atoms with Gasteiger partial charge >= 0.3 is 0 Å². The highest BCUT2D eigenvalue weighted by Crippen LogP contribution is 2.11. The highest BCUT2D eigenvalue weighted by molar-refractivity contribution is 6.30. The summed E-state index contributed by atoms with van der Waals surface area (Å²) in [6.45, 7) is 3.39. The maximum absolute atomic E-state index is 7.25. The van der Waals surface area contributed by atoms with Crippen LogP contribution in [0.2, 0.25) is 5.02 Å². The first-order valence-corrected chi connectivity index (χ1v) is 6.63. The van der Waals surface area contributed by atoms with Gasteiger partial charge in [0.05, 0.1) is 6.54 Å². The second-order valence-electron chi connectivity index (χ2n) is 4.11. The van der Waals surface area contributed by atoms with Gasteiger partial charge in [0.25, 0.3) is 0 Å². The van der Waals surface area contributed by atoms with Crippen molar-refractivity contribution in [1.82, 2.24) is 10.6 Å². The summed E-state index contributed by atoms with van der Waals surface area (Å²) in [4.78, 5) is 4.36. The SMILES string of the molecule is CCCCNC(=NCc1cccc(Cl)c1)NC(=N)N.Cl. The lowest BCUT2D eigenvalue weighted by molar-refractivity contribution is 0.742. The second kappa shape index (κ2) is 10.3. The highest BCUT2D eigenvalue weighted by atomic mass is 35.5. The predicted molar refractivity (Wildman–Crippen MR) is 87.8 cm³/mol. The molecule has 0 aliphatic rings. The normalized spacial score (nSPS) is 10.6. The molecule has 112 valence electrons. The average Bonchev–Trinajstić information content (AvgIpc) is 2.35. The van der Waals surface area contributed by atoms with Gasteiger partial charge in [0, 0.05) is 11.6 Å². The standard InChI is InChI=1S/C13H20ClN5.ClH/c1-2-3-7-17-13(19-12(15)16)18-9-10-5-4-6-11(14)8-10;/h4-6,8H,2-3,7,9H2,1H3,(H5,15,16,17,18,19);1H. The number of hydrogen-bond acceptors (Lipinski definition) is 2. The summed E-state index contributed by atoms with van der Waals surface area (Å²) in [5.41, 5.74) is 6.33. The van der Waals surface area contributed by atoms with Crippen LogP contribution >= 0.6 is 24.0 Å². The molecule has 7 heteroatoms. The predicted octanol–water partition coefficient (Wildman–Crippen LogP) is 2.49. The number of hydrogen-bond donors (Lipinski definition) is 4. The molecule has 5 nitrogen and oxygen atoms in total. The van der Waals surface area contributed by atoms with E-state index in [4.69, 9.17) is 22.7 Å². The smallest absolute Gasteiger partial charge is 0.198 e. The molecule has 0 aliphatic heterocycles. The molecule has 0 radical (unpaired) electrons. The average molecular weight is 318 g/mol. The fraction of sp³-hybridized carbons (Fsp3) is 0.385. The van der Waals surface area contributed by atoms with Crippen molar-refractivity contribution in [3.8, 4) is 0 Å². The van der Waals surface area contributed by atoms with Crippen molar-refractivity contribution in [2.75, 3.05) is 6.54 Å². The lowest BCUT2D eigenvalue weighted by Crippen LogP contribution is -2.44. The molecule has 5 N–H and O–H groups in total. The zero-order valence-electron chi connectivity index (χ0n) is 11.4. The molecule has 0 saturated carbocycles. The topological polar surface area (TPSA) is 86.3 Å². The van der Waals surface area contributed by atoms with E-state index < -0.39 is 0 Å². The molecule has 0 spiro atoms. The van der Waals surface area contributed by atoms with Crippen LogP contribution in [0.4, 0.5) is 0 Å². The van der Waals surface area contributed by atoms with Crippen LogP contribution in [0.25, 0.3) is 0 Å². The van der Waals surface area contributed by atoms with Gasteiger partial charge in [-0.05, 0) is 24.1 Å². The molecular weight excluding hydrogens is 297 g/mol. The van der Waals surface area contributed by atoms with E-state index in [1.54, 1.807) is 0 Å². The molecular formula is C13H21Cl2N5. The third-order valence-corrected chi connectivity index (χ3v) is 2.62. The maximum Gasteiger partial charge on any atom is 0.198 e. The monoisotopic (exact) mass is 317 g/mol. The van der Waals surface area contributed by atoms with Crippen LogP contribution in [-0.4, -0.2) is 18.5 Å². The number of nitrogens with two attached hydrogens (primary N) is 1. The van der Waals surface area contributed by atoms with Crippen molar-refractivity contribution < 1.29 is 0 Å². The molecule has 1 aromatic carbocycles. The van der Waals surface area contributed by atoms with Gasteiger partial charge in [0.1, 0.15) is 0 Å². The summed E-state index contributed by atoms with van der Waals surface area (Å²) in [5, 5.41) is 13.7. The van der Waals surface area contributed by atoms with Gasteiger partial charge in [-0.1, -0.05) is 37.1 Å². The Hall–Kier alpha value is -1.46. The fourth-order valence-electron chi connectivity index (χ4n) is 1.46. The van der Waals surface area contributed by atoms with Crippen molar-refractivity contribution >= 4 is 35.9 Å². The largest absolute Gasteiger partial charge is 0.370 e. The Kier molecular flexibility index (Phi) is 9.59. The Morgan fingerprint density at radius 1 is 1.45 bits per heavy atom. The van der Waals surface area contributed by atoms with Crippen LogP contribution < -0.4 is 16.4 Å². The molecule has 0 fully saturated rings. The Bertz CT molecular complexity index is 448. The molecule has 0 heterocycles. The van der Waals surface area contributed by atoms with E-state index >= 15 is 0 Å². The Morgan fingerprint density at radius 3 is 2.80 bits per heavy atom. The van der Waals surface area contributed by atoms with E-state index in [2.05, 4.69) is 22.5 Å². The van der Waals surface area contributed by atoms with Crippen LogP contribution in [0, 0.1) is 5.41 Å². The number of rotatable bonds is 5. The fourth-order valence-corrected chi connectivity index (χ4v) is 1.67. The lowest BCUT2D eigenvalue weighted by Gasteiger charge is -2.10. The van der Waals surface area contributed by atoms with E-state index in [-0.39, 0.29) is 18.4 Å². The molecule has 1 aromatic rings. The molecule has 0 atom stereocenters. The van der Waals surface area contributed by atoms with Crippen molar-refractivity contribution in [1.29, 1.82) is 5.41 Å². The number of aliphatic imine (C=N–C) groups is 1. The summed E-state index contributed by atoms with van der Waals surface area (Å²) >= 11 is 5.91. The first kappa shape index (κ1) is 18.5. The van der Waals surface area contributed by atoms with Gasteiger partial charge in [-0.25, -0.2) is 4.99 Å². The number of nitrogens with one attached hydrogen (secondary N) is 3. The molecule has 0 unspecified atom stereocenters. The molecule has 20 heavy (non-hydrogen) atoms. The van der Waals surface area contributed by atoms with Gasteiger partial charge in [0.2, 0.25) is 0 Å². The van der Waals surface area contributed by atoms with Crippen molar-refractivity contribution in [2.45, 2.75) is 26.3 Å². The van der Waals surface area contributed by atoms with E-state index in [1.165, 1.54) is 0 Å². The first-order chi connectivity index (χ1) is 9.11. The highest BCUT2D eigenvalue weighted by Gasteiger charge is 1.99. The lowest BCUT2D eigenvalue weighted by atomic mass is 10.2. The summed E-state index contributed by atoms with van der Waals surface area (Å²) in [7, 11) is 0. The van der Waals surface area contributed by atoms with E-state index in [9.17, 15) is 0 Å². The van der Waals surface area contributed by atoms with Crippen molar-refractivity contribution in [3.05, 3.63) is 34.9 Å². The quantitative estimate of drug-likeness (QED) is 0.382. The molecule has 0 amide bonds. The minimum Gasteiger partial charge on any atom is -0.370 e. The Morgan fingerprint density at radius 2 is 2.20 bits per heavy atom. The van der Waals surface area contributed by atoms with Gasteiger partial charge < -0.3 is 11.1 Å². The van der Waals surface area contributed by atoms with Crippen LogP contribution in [0.3, 0.4) is 0 Å². The summed E-state index contributed by atoms with van der Waals surface area (Å²) in [6.07, 6.45) is 2.13. The Balaban J connectivity index is 0.00000361. The van der Waals surface area contributed by atoms with Crippen LogP contribution in [-0.2, 0) is 6.54 Å². The van der Waals surface area contributed by atoms with Gasteiger partial charge in [0.15, 0.2) is 11.9 Å². The van der Waals surface area contributed by atoms with E-state index in [0.717, 1.165) is 24.9 Å². The number of halogens is 2. The zero-order valence-corrected chi connectivity index (χ0v) is 13.0. The van der Waals surface area contributed by atoms with Crippen LogP contribution in [0.1, 0.15) is 25.3 Å². The minimum atomic E-state index is -0.131. The van der Waals surface area contributed by atoms with Gasteiger partial charge in [-0.2, -0.15) is 0 Å². The van der Waals surface area contributed by atoms with E-state index in [0.29, 0.717) is 17.5 Å². The third kappa shape index (κ3) is 7.86. The van der Waals surface area contributed by atoms with Crippen molar-refractivity contribution in [2.24, 2.45) is 10.7 Å². The maximum atomic E-state index is 7.25. The zero-order chi connectivity index (χ0) is 14.1. The molecule has 0 bridgehead atoms. The second-order valence-corrected chi connectivity index (χ2v) is 4.55. The Labute approximate surface area is 130 Å². The summed E-state index contributed by atoms with van der Waals surface area (Å²) in [6, 6.07) is 7.52. The molecule has 1 rings (SSSR count). The number of benzene rings is 1. The molecule has 0 aromatic heterocycles. The summed E-state index contributed by atoms with van der Waals surface area (Å²) < 4.78 is 0.